The van der Waals surface area contributed by atoms with Crippen molar-refractivity contribution in [3.63, 3.8) is 0 Å². The van der Waals surface area contributed by atoms with Crippen LogP contribution in [0.1, 0.15) is 42.4 Å². The average Bonchev–Trinajstić information content (AvgIpc) is 2.81. The molecule has 1 aliphatic rings. The van der Waals surface area contributed by atoms with Gasteiger partial charge in [0.05, 0.1) is 5.41 Å². The highest BCUT2D eigenvalue weighted by Gasteiger charge is 2.44. The van der Waals surface area contributed by atoms with Gasteiger partial charge in [0.1, 0.15) is 0 Å². The fourth-order valence-electron chi connectivity index (χ4n) is 5.01. The van der Waals surface area contributed by atoms with Crippen molar-refractivity contribution in [2.24, 2.45) is 5.41 Å². The predicted octanol–water partition coefficient (Wildman–Crippen LogP) is 5.95. The van der Waals surface area contributed by atoms with Crippen LogP contribution in [0.2, 0.25) is 0 Å². The summed E-state index contributed by atoms with van der Waals surface area (Å²) in [6.07, 6.45) is 4.03. The summed E-state index contributed by atoms with van der Waals surface area (Å²) in [6.45, 7) is 1.67. The van der Waals surface area contributed by atoms with Gasteiger partial charge in [0, 0.05) is 19.1 Å². The van der Waals surface area contributed by atoms with Gasteiger partial charge in [-0.05, 0) is 42.4 Å². The summed E-state index contributed by atoms with van der Waals surface area (Å²) in [4.78, 5) is 15.0. The minimum Gasteiger partial charge on any atom is -0.481 e. The van der Waals surface area contributed by atoms with Crippen molar-refractivity contribution in [3.05, 3.63) is 108 Å². The van der Waals surface area contributed by atoms with Gasteiger partial charge in [-0.1, -0.05) is 97.4 Å². The molecule has 1 N–H and O–H groups in total. The summed E-state index contributed by atoms with van der Waals surface area (Å²) in [7, 11) is 0. The molecule has 3 nitrogen and oxygen atoms in total. The van der Waals surface area contributed by atoms with Crippen LogP contribution < -0.4 is 0 Å². The first-order chi connectivity index (χ1) is 15.1. The third kappa shape index (κ3) is 5.42. The van der Waals surface area contributed by atoms with Crippen LogP contribution in [0.25, 0.3) is 0 Å². The number of aliphatic carboxylic acids is 1. The van der Waals surface area contributed by atoms with Crippen LogP contribution in [0.4, 0.5) is 0 Å². The Kier molecular flexibility index (Phi) is 6.83. The van der Waals surface area contributed by atoms with Crippen LogP contribution in [0.3, 0.4) is 0 Å². The highest BCUT2D eigenvalue weighted by Crippen LogP contribution is 2.42. The van der Waals surface area contributed by atoms with Crippen molar-refractivity contribution < 1.29 is 9.90 Å². The van der Waals surface area contributed by atoms with Gasteiger partial charge in [-0.2, -0.15) is 0 Å². The van der Waals surface area contributed by atoms with E-state index in [2.05, 4.69) is 65.6 Å². The Balaban J connectivity index is 1.59. The first-order valence-corrected chi connectivity index (χ1v) is 11.2. The van der Waals surface area contributed by atoms with Crippen molar-refractivity contribution in [3.8, 4) is 0 Å². The van der Waals surface area contributed by atoms with Gasteiger partial charge in [0.15, 0.2) is 0 Å². The number of carbonyl (C=O) groups is 1. The SMILES string of the molecule is O=C(O)[C@@]1(Cc2ccccc2)CCC[C@H](N(Cc2ccccc2)Cc2ccccc2)C1. The zero-order valence-electron chi connectivity index (χ0n) is 18.0. The van der Waals surface area contributed by atoms with Gasteiger partial charge < -0.3 is 5.11 Å². The number of carboxylic acids is 1. The van der Waals surface area contributed by atoms with E-state index in [4.69, 9.17) is 0 Å². The second-order valence-corrected chi connectivity index (χ2v) is 8.87. The monoisotopic (exact) mass is 413 g/mol. The summed E-state index contributed by atoms with van der Waals surface area (Å²) in [5.74, 6) is -0.652. The van der Waals surface area contributed by atoms with E-state index >= 15 is 0 Å². The smallest absolute Gasteiger partial charge is 0.310 e. The molecule has 1 saturated carbocycles. The molecular weight excluding hydrogens is 382 g/mol. The molecular formula is C28H31NO2. The summed E-state index contributed by atoms with van der Waals surface area (Å²) in [6, 6.07) is 31.4. The number of nitrogens with zero attached hydrogens (tertiary/aromatic N) is 1. The number of carboxylic acid groups (broad SMARTS) is 1. The first-order valence-electron chi connectivity index (χ1n) is 11.2. The van der Waals surface area contributed by atoms with Gasteiger partial charge in [-0.15, -0.1) is 0 Å². The molecule has 31 heavy (non-hydrogen) atoms. The van der Waals surface area contributed by atoms with Crippen molar-refractivity contribution in [1.82, 2.24) is 4.90 Å². The van der Waals surface area contributed by atoms with Gasteiger partial charge >= 0.3 is 5.97 Å². The van der Waals surface area contributed by atoms with Gasteiger partial charge in [0.2, 0.25) is 0 Å². The molecule has 3 aromatic rings. The van der Waals surface area contributed by atoms with Crippen molar-refractivity contribution in [2.45, 2.75) is 51.2 Å². The molecule has 0 aromatic heterocycles. The lowest BCUT2D eigenvalue weighted by Gasteiger charge is -2.43. The fourth-order valence-corrected chi connectivity index (χ4v) is 5.01. The normalized spacial score (nSPS) is 21.1. The van der Waals surface area contributed by atoms with E-state index in [0.29, 0.717) is 12.8 Å². The zero-order valence-corrected chi connectivity index (χ0v) is 18.0. The molecule has 0 radical (unpaired) electrons. The van der Waals surface area contributed by atoms with Gasteiger partial charge in [-0.25, -0.2) is 0 Å². The van der Waals surface area contributed by atoms with Crippen LogP contribution in [0, 0.1) is 5.41 Å². The third-order valence-corrected chi connectivity index (χ3v) is 6.63. The first kappa shape index (κ1) is 21.3. The standard InChI is InChI=1S/C28H31NO2/c30-27(31)28(19-23-11-4-1-5-12-23)18-10-17-26(20-28)29(21-24-13-6-2-7-14-24)22-25-15-8-3-9-16-25/h1-9,11-16,26H,10,17-22H2,(H,30,31)/t26-,28+/m0/s1. The van der Waals surface area contributed by atoms with Crippen LogP contribution in [-0.2, 0) is 24.3 Å². The molecule has 0 unspecified atom stereocenters. The van der Waals surface area contributed by atoms with E-state index < -0.39 is 11.4 Å². The Hall–Kier alpha value is -2.91. The third-order valence-electron chi connectivity index (χ3n) is 6.63. The van der Waals surface area contributed by atoms with Crippen LogP contribution in [0.15, 0.2) is 91.0 Å². The molecule has 4 rings (SSSR count). The second kappa shape index (κ2) is 9.93. The summed E-state index contributed by atoms with van der Waals surface area (Å²) in [5.41, 5.74) is 2.96. The Morgan fingerprint density at radius 1 is 0.806 bits per heavy atom. The van der Waals surface area contributed by atoms with E-state index in [9.17, 15) is 9.90 Å². The van der Waals surface area contributed by atoms with Crippen LogP contribution >= 0.6 is 0 Å². The molecule has 0 amide bonds. The minimum absolute atomic E-state index is 0.244. The highest BCUT2D eigenvalue weighted by atomic mass is 16.4. The summed E-state index contributed by atoms with van der Waals surface area (Å²) >= 11 is 0. The largest absolute Gasteiger partial charge is 0.481 e. The predicted molar refractivity (Wildman–Crippen MR) is 125 cm³/mol. The van der Waals surface area contributed by atoms with Crippen molar-refractivity contribution >= 4 is 5.97 Å². The van der Waals surface area contributed by atoms with E-state index in [-0.39, 0.29) is 6.04 Å². The lowest BCUT2D eigenvalue weighted by molar-refractivity contribution is -0.152. The molecule has 2 atom stereocenters. The maximum atomic E-state index is 12.5. The quantitative estimate of drug-likeness (QED) is 0.496. The van der Waals surface area contributed by atoms with Gasteiger partial charge in [0.25, 0.3) is 0 Å². The van der Waals surface area contributed by atoms with Gasteiger partial charge in [-0.3, -0.25) is 9.69 Å². The van der Waals surface area contributed by atoms with E-state index in [1.165, 1.54) is 11.1 Å². The Morgan fingerprint density at radius 3 is 1.77 bits per heavy atom. The summed E-state index contributed by atoms with van der Waals surface area (Å²) < 4.78 is 0. The molecule has 0 spiro atoms. The molecule has 0 aliphatic heterocycles. The lowest BCUT2D eigenvalue weighted by atomic mass is 9.68. The maximum absolute atomic E-state index is 12.5. The Labute approximate surface area is 185 Å². The average molecular weight is 414 g/mol. The summed E-state index contributed by atoms with van der Waals surface area (Å²) in [5, 5.41) is 10.3. The number of hydrogen-bond donors (Lipinski definition) is 1. The van der Waals surface area contributed by atoms with E-state index in [0.717, 1.165) is 37.9 Å². The number of rotatable bonds is 8. The molecule has 160 valence electrons. The maximum Gasteiger partial charge on any atom is 0.310 e. The molecule has 3 aromatic carbocycles. The Bertz CT molecular complexity index is 917. The molecule has 1 aliphatic carbocycles. The highest BCUT2D eigenvalue weighted by molar-refractivity contribution is 5.75. The fraction of sp³-hybridized carbons (Fsp3) is 0.321. The lowest BCUT2D eigenvalue weighted by Crippen LogP contribution is -2.46. The molecule has 1 fully saturated rings. The number of benzene rings is 3. The minimum atomic E-state index is -0.699. The number of hydrogen-bond acceptors (Lipinski definition) is 2. The molecule has 0 bridgehead atoms. The van der Waals surface area contributed by atoms with E-state index in [1.807, 2.05) is 30.3 Å². The zero-order chi connectivity index (χ0) is 21.5. The van der Waals surface area contributed by atoms with Crippen molar-refractivity contribution in [1.29, 1.82) is 0 Å². The topological polar surface area (TPSA) is 40.5 Å². The molecule has 3 heteroatoms. The Morgan fingerprint density at radius 2 is 1.29 bits per heavy atom. The van der Waals surface area contributed by atoms with Crippen LogP contribution in [-0.4, -0.2) is 22.0 Å². The van der Waals surface area contributed by atoms with Crippen molar-refractivity contribution in [2.75, 3.05) is 0 Å². The molecule has 0 saturated heterocycles. The van der Waals surface area contributed by atoms with E-state index in [1.54, 1.807) is 0 Å². The second-order valence-electron chi connectivity index (χ2n) is 8.87. The molecule has 0 heterocycles. The van der Waals surface area contributed by atoms with Crippen LogP contribution in [0.5, 0.6) is 0 Å².